The van der Waals surface area contributed by atoms with E-state index in [9.17, 15) is 0 Å². The highest BCUT2D eigenvalue weighted by Crippen LogP contribution is 2.36. The first-order chi connectivity index (χ1) is 8.38. The Balaban J connectivity index is 2.13. The molecule has 1 heterocycles. The predicted molar refractivity (Wildman–Crippen MR) is 71.1 cm³/mol. The van der Waals surface area contributed by atoms with E-state index in [0.29, 0.717) is 6.61 Å². The molecular formula is C16H16O. The molecule has 1 heteroatoms. The van der Waals surface area contributed by atoms with E-state index in [1.807, 2.05) is 0 Å². The molecule has 0 unspecified atom stereocenters. The lowest BCUT2D eigenvalue weighted by molar-refractivity contribution is 0.349. The molecule has 0 amide bonds. The summed E-state index contributed by atoms with van der Waals surface area (Å²) in [7, 11) is 0. The maximum atomic E-state index is 5.85. The van der Waals surface area contributed by atoms with Crippen molar-refractivity contribution in [3.05, 3.63) is 59.2 Å². The highest BCUT2D eigenvalue weighted by atomic mass is 16.5. The van der Waals surface area contributed by atoms with Crippen LogP contribution in [0, 0.1) is 0 Å². The third-order valence-corrected chi connectivity index (χ3v) is 3.35. The molecule has 0 fully saturated rings. The third-order valence-electron chi connectivity index (χ3n) is 3.35. The lowest BCUT2D eigenvalue weighted by atomic mass is 9.95. The number of allylic oxidation sites excluding steroid dienone is 4. The zero-order valence-electron chi connectivity index (χ0n) is 10.1. The molecule has 1 aromatic carbocycles. The quantitative estimate of drug-likeness (QED) is 0.702. The van der Waals surface area contributed by atoms with Gasteiger partial charge in [-0.2, -0.15) is 0 Å². The number of fused-ring (bicyclic) bond motifs is 2. The predicted octanol–water partition coefficient (Wildman–Crippen LogP) is 3.91. The maximum Gasteiger partial charge on any atom is 0.127 e. The van der Waals surface area contributed by atoms with Crippen molar-refractivity contribution in [3.8, 4) is 5.75 Å². The molecule has 0 spiro atoms. The molecule has 2 aliphatic rings. The van der Waals surface area contributed by atoms with E-state index >= 15 is 0 Å². The summed E-state index contributed by atoms with van der Waals surface area (Å²) in [6, 6.07) is 6.55. The average Bonchev–Trinajstić information content (AvgIpc) is 2.63. The number of hydrogen-bond donors (Lipinski definition) is 0. The highest BCUT2D eigenvalue weighted by Gasteiger charge is 2.17. The van der Waals surface area contributed by atoms with Crippen molar-refractivity contribution >= 4 is 5.57 Å². The van der Waals surface area contributed by atoms with Crippen LogP contribution in [-0.2, 0) is 6.42 Å². The van der Waals surface area contributed by atoms with Crippen LogP contribution in [-0.4, -0.2) is 6.61 Å². The van der Waals surface area contributed by atoms with E-state index in [-0.39, 0.29) is 0 Å². The molecular weight excluding hydrogens is 208 g/mol. The van der Waals surface area contributed by atoms with Gasteiger partial charge in [0, 0.05) is 5.56 Å². The molecule has 0 saturated heterocycles. The molecule has 17 heavy (non-hydrogen) atoms. The topological polar surface area (TPSA) is 9.23 Å². The fourth-order valence-electron chi connectivity index (χ4n) is 2.34. The van der Waals surface area contributed by atoms with Crippen LogP contribution in [0.25, 0.3) is 5.57 Å². The Morgan fingerprint density at radius 1 is 1.18 bits per heavy atom. The van der Waals surface area contributed by atoms with Crippen LogP contribution < -0.4 is 4.74 Å². The van der Waals surface area contributed by atoms with E-state index in [0.717, 1.165) is 18.6 Å². The van der Waals surface area contributed by atoms with Crippen LogP contribution in [0.5, 0.6) is 5.75 Å². The minimum absolute atomic E-state index is 0.691. The fraction of sp³-hybridized carbons (Fsp3) is 0.250. The SMILES string of the molecule is CCc1ccc2c(c1)OCC1=C2C=CCC=C1. The largest absolute Gasteiger partial charge is 0.488 e. The number of ether oxygens (including phenoxy) is 1. The van der Waals surface area contributed by atoms with Crippen LogP contribution >= 0.6 is 0 Å². The summed E-state index contributed by atoms with van der Waals surface area (Å²) in [5.41, 5.74) is 5.17. The van der Waals surface area contributed by atoms with Gasteiger partial charge < -0.3 is 4.74 Å². The normalized spacial score (nSPS) is 17.2. The number of rotatable bonds is 1. The molecule has 1 aliphatic heterocycles. The van der Waals surface area contributed by atoms with Crippen molar-refractivity contribution < 1.29 is 4.74 Å². The van der Waals surface area contributed by atoms with E-state index in [1.54, 1.807) is 0 Å². The molecule has 86 valence electrons. The van der Waals surface area contributed by atoms with E-state index in [2.05, 4.69) is 49.4 Å². The first-order valence-corrected chi connectivity index (χ1v) is 6.21. The van der Waals surface area contributed by atoms with Crippen LogP contribution in [0.1, 0.15) is 24.5 Å². The van der Waals surface area contributed by atoms with Crippen molar-refractivity contribution in [2.75, 3.05) is 6.61 Å². The summed E-state index contributed by atoms with van der Waals surface area (Å²) in [5.74, 6) is 1.03. The van der Waals surface area contributed by atoms with Crippen molar-refractivity contribution in [1.82, 2.24) is 0 Å². The molecule has 0 N–H and O–H groups in total. The highest BCUT2D eigenvalue weighted by molar-refractivity contribution is 5.83. The van der Waals surface area contributed by atoms with Gasteiger partial charge >= 0.3 is 0 Å². The lowest BCUT2D eigenvalue weighted by Crippen LogP contribution is -2.09. The third kappa shape index (κ3) is 1.82. The number of benzene rings is 1. The zero-order chi connectivity index (χ0) is 11.7. The Kier molecular flexibility index (Phi) is 2.60. The molecule has 0 saturated carbocycles. The standard InChI is InChI=1S/C16H16O/c1-2-12-8-9-15-14-7-5-3-4-6-13(14)11-17-16(15)10-12/h4-10H,2-3,11H2,1H3. The summed E-state index contributed by atoms with van der Waals surface area (Å²) in [6.07, 6.45) is 10.9. The van der Waals surface area contributed by atoms with Crippen LogP contribution in [0.3, 0.4) is 0 Å². The molecule has 1 aromatic rings. The maximum absolute atomic E-state index is 5.85. The Hall–Kier alpha value is -1.76. The van der Waals surface area contributed by atoms with Crippen LogP contribution in [0.2, 0.25) is 0 Å². The molecule has 0 aromatic heterocycles. The average molecular weight is 224 g/mol. The smallest absolute Gasteiger partial charge is 0.127 e. The van der Waals surface area contributed by atoms with E-state index in [4.69, 9.17) is 4.74 Å². The van der Waals surface area contributed by atoms with Gasteiger partial charge in [-0.05, 0) is 35.6 Å². The van der Waals surface area contributed by atoms with Crippen molar-refractivity contribution in [2.45, 2.75) is 19.8 Å². The molecule has 1 nitrogen and oxygen atoms in total. The van der Waals surface area contributed by atoms with Gasteiger partial charge in [0.05, 0.1) is 0 Å². The van der Waals surface area contributed by atoms with Gasteiger partial charge in [-0.25, -0.2) is 0 Å². The monoisotopic (exact) mass is 224 g/mol. The molecule has 0 bridgehead atoms. The van der Waals surface area contributed by atoms with Crippen molar-refractivity contribution in [1.29, 1.82) is 0 Å². The summed E-state index contributed by atoms with van der Waals surface area (Å²) in [5, 5.41) is 0. The molecule has 0 atom stereocenters. The van der Waals surface area contributed by atoms with Gasteiger partial charge in [-0.1, -0.05) is 43.4 Å². The summed E-state index contributed by atoms with van der Waals surface area (Å²) in [6.45, 7) is 2.86. The lowest BCUT2D eigenvalue weighted by Gasteiger charge is -2.21. The Labute approximate surface area is 102 Å². The van der Waals surface area contributed by atoms with Gasteiger partial charge in [-0.15, -0.1) is 0 Å². The number of hydrogen-bond acceptors (Lipinski definition) is 1. The van der Waals surface area contributed by atoms with Crippen LogP contribution in [0.4, 0.5) is 0 Å². The first kappa shape index (κ1) is 10.4. The first-order valence-electron chi connectivity index (χ1n) is 6.21. The van der Waals surface area contributed by atoms with Gasteiger partial charge in [0.25, 0.3) is 0 Å². The molecule has 0 radical (unpaired) electrons. The second-order valence-corrected chi connectivity index (χ2v) is 4.45. The minimum atomic E-state index is 0.691. The second kappa shape index (κ2) is 4.25. The molecule has 1 aliphatic carbocycles. The van der Waals surface area contributed by atoms with Gasteiger partial charge in [0.2, 0.25) is 0 Å². The summed E-state index contributed by atoms with van der Waals surface area (Å²) < 4.78 is 5.85. The fourth-order valence-corrected chi connectivity index (χ4v) is 2.34. The Bertz CT molecular complexity index is 532. The van der Waals surface area contributed by atoms with Gasteiger partial charge in [0.1, 0.15) is 12.4 Å². The van der Waals surface area contributed by atoms with Crippen molar-refractivity contribution in [3.63, 3.8) is 0 Å². The van der Waals surface area contributed by atoms with Gasteiger partial charge in [-0.3, -0.25) is 0 Å². The second-order valence-electron chi connectivity index (χ2n) is 4.45. The number of aryl methyl sites for hydroxylation is 1. The summed E-state index contributed by atoms with van der Waals surface area (Å²) in [4.78, 5) is 0. The van der Waals surface area contributed by atoms with Gasteiger partial charge in [0.15, 0.2) is 0 Å². The minimum Gasteiger partial charge on any atom is -0.488 e. The van der Waals surface area contributed by atoms with Crippen LogP contribution in [0.15, 0.2) is 48.1 Å². The van der Waals surface area contributed by atoms with Crippen molar-refractivity contribution in [2.24, 2.45) is 0 Å². The Morgan fingerprint density at radius 2 is 2.06 bits per heavy atom. The Morgan fingerprint density at radius 3 is 2.94 bits per heavy atom. The molecule has 3 rings (SSSR count). The van der Waals surface area contributed by atoms with E-state index in [1.165, 1.54) is 22.3 Å². The summed E-state index contributed by atoms with van der Waals surface area (Å²) >= 11 is 0. The zero-order valence-corrected chi connectivity index (χ0v) is 10.1. The van der Waals surface area contributed by atoms with E-state index < -0.39 is 0 Å².